The van der Waals surface area contributed by atoms with Crippen LogP contribution in [-0.2, 0) is 10.8 Å². The van der Waals surface area contributed by atoms with Crippen molar-refractivity contribution in [1.29, 1.82) is 0 Å². The third-order valence-corrected chi connectivity index (χ3v) is 4.81. The minimum Gasteiger partial charge on any atom is -0.260 e. The topological polar surface area (TPSA) is 17.1 Å². The van der Waals surface area contributed by atoms with Crippen LogP contribution in [0.3, 0.4) is 0 Å². The molecule has 3 unspecified atom stereocenters. The molecule has 2 aliphatic rings. The van der Waals surface area contributed by atoms with Gasteiger partial charge in [0.25, 0.3) is 0 Å². The van der Waals surface area contributed by atoms with E-state index in [1.54, 1.807) is 5.57 Å². The minimum atomic E-state index is -0.627. The van der Waals surface area contributed by atoms with E-state index in [9.17, 15) is 4.21 Å². The zero-order valence-corrected chi connectivity index (χ0v) is 10.2. The van der Waals surface area contributed by atoms with E-state index in [1.807, 2.05) is 6.26 Å². The number of hydrogen-bond acceptors (Lipinski definition) is 1. The second-order valence-electron chi connectivity index (χ2n) is 5.63. The van der Waals surface area contributed by atoms with E-state index in [-0.39, 0.29) is 0 Å². The average Bonchev–Trinajstić information content (AvgIpc) is 1.99. The Morgan fingerprint density at radius 2 is 2.14 bits per heavy atom. The van der Waals surface area contributed by atoms with E-state index >= 15 is 0 Å². The molecule has 0 aromatic heterocycles. The summed E-state index contributed by atoms with van der Waals surface area (Å²) in [6.45, 7) is 4.64. The zero-order valence-electron chi connectivity index (χ0n) is 9.38. The number of allylic oxidation sites excluding steroid dienone is 2. The summed E-state index contributed by atoms with van der Waals surface area (Å²) < 4.78 is 11.5. The van der Waals surface area contributed by atoms with E-state index < -0.39 is 10.8 Å². The lowest BCUT2D eigenvalue weighted by Gasteiger charge is -2.40. The van der Waals surface area contributed by atoms with Crippen LogP contribution in [0.2, 0.25) is 0 Å². The van der Waals surface area contributed by atoms with Crippen molar-refractivity contribution in [1.82, 2.24) is 0 Å². The second kappa shape index (κ2) is 3.48. The Balaban J connectivity index is 2.19. The van der Waals surface area contributed by atoms with Crippen LogP contribution in [0.25, 0.3) is 0 Å². The van der Waals surface area contributed by atoms with Crippen LogP contribution >= 0.6 is 0 Å². The first-order valence-electron chi connectivity index (χ1n) is 5.49. The first-order valence-corrected chi connectivity index (χ1v) is 7.11. The Morgan fingerprint density at radius 3 is 2.71 bits per heavy atom. The summed E-state index contributed by atoms with van der Waals surface area (Å²) in [5.74, 6) is 0.799. The SMILES string of the molecule is CS(=O)C1CC2=CC(C)(C)CC(C2)C1. The molecule has 0 radical (unpaired) electrons. The van der Waals surface area contributed by atoms with Gasteiger partial charge in [0.1, 0.15) is 0 Å². The molecule has 0 saturated heterocycles. The predicted octanol–water partition coefficient (Wildman–Crippen LogP) is 2.89. The van der Waals surface area contributed by atoms with E-state index in [1.165, 1.54) is 19.3 Å². The summed E-state index contributed by atoms with van der Waals surface area (Å²) in [6.07, 6.45) is 9.12. The zero-order chi connectivity index (χ0) is 10.3. The van der Waals surface area contributed by atoms with Crippen LogP contribution in [0.4, 0.5) is 0 Å². The summed E-state index contributed by atoms with van der Waals surface area (Å²) >= 11 is 0. The van der Waals surface area contributed by atoms with Gasteiger partial charge < -0.3 is 0 Å². The first-order chi connectivity index (χ1) is 6.46. The van der Waals surface area contributed by atoms with Crippen molar-refractivity contribution in [2.75, 3.05) is 6.26 Å². The van der Waals surface area contributed by atoms with Crippen molar-refractivity contribution in [3.8, 4) is 0 Å². The fourth-order valence-corrected chi connectivity index (χ4v) is 4.16. The van der Waals surface area contributed by atoms with E-state index in [4.69, 9.17) is 0 Å². The highest BCUT2D eigenvalue weighted by atomic mass is 32.2. The Bertz CT molecular complexity index is 291. The van der Waals surface area contributed by atoms with Crippen molar-refractivity contribution in [3.63, 3.8) is 0 Å². The van der Waals surface area contributed by atoms with Gasteiger partial charge in [-0.25, -0.2) is 0 Å². The van der Waals surface area contributed by atoms with Gasteiger partial charge >= 0.3 is 0 Å². The molecule has 14 heavy (non-hydrogen) atoms. The molecule has 80 valence electrons. The Labute approximate surface area is 89.4 Å². The highest BCUT2D eigenvalue weighted by Crippen LogP contribution is 2.44. The van der Waals surface area contributed by atoms with Gasteiger partial charge in [-0.2, -0.15) is 0 Å². The molecule has 0 spiro atoms. The normalized spacial score (nSPS) is 37.5. The van der Waals surface area contributed by atoms with Crippen LogP contribution in [-0.4, -0.2) is 15.7 Å². The van der Waals surface area contributed by atoms with Gasteiger partial charge in [-0.1, -0.05) is 25.5 Å². The maximum absolute atomic E-state index is 11.5. The predicted molar refractivity (Wildman–Crippen MR) is 61.7 cm³/mol. The highest BCUT2D eigenvalue weighted by Gasteiger charge is 2.35. The molecule has 1 nitrogen and oxygen atoms in total. The summed E-state index contributed by atoms with van der Waals surface area (Å²) in [7, 11) is -0.627. The molecule has 1 fully saturated rings. The lowest BCUT2D eigenvalue weighted by Crippen LogP contribution is -2.32. The summed E-state index contributed by atoms with van der Waals surface area (Å²) in [6, 6.07) is 0. The maximum Gasteiger partial charge on any atom is 0.0385 e. The van der Waals surface area contributed by atoms with Crippen LogP contribution in [0, 0.1) is 11.3 Å². The van der Waals surface area contributed by atoms with Crippen LogP contribution in [0.15, 0.2) is 11.6 Å². The average molecular weight is 212 g/mol. The summed E-state index contributed by atoms with van der Waals surface area (Å²) in [5.41, 5.74) is 1.95. The Kier molecular flexibility index (Phi) is 2.59. The van der Waals surface area contributed by atoms with Crippen LogP contribution < -0.4 is 0 Å². The van der Waals surface area contributed by atoms with Crippen LogP contribution in [0.1, 0.15) is 39.5 Å². The molecule has 0 aromatic carbocycles. The van der Waals surface area contributed by atoms with Gasteiger partial charge in [0.15, 0.2) is 0 Å². The van der Waals surface area contributed by atoms with E-state index in [0.29, 0.717) is 10.7 Å². The fourth-order valence-electron chi connectivity index (χ4n) is 3.17. The molecule has 0 amide bonds. The third-order valence-electron chi connectivity index (χ3n) is 3.52. The van der Waals surface area contributed by atoms with Gasteiger partial charge in [-0.05, 0) is 37.0 Å². The highest BCUT2D eigenvalue weighted by molar-refractivity contribution is 7.84. The van der Waals surface area contributed by atoms with Gasteiger partial charge in [0.05, 0.1) is 0 Å². The maximum atomic E-state index is 11.5. The molecule has 0 aromatic rings. The van der Waals surface area contributed by atoms with E-state index in [2.05, 4.69) is 19.9 Å². The standard InChI is InChI=1S/C12H20OS/c1-12(2)7-9-4-10(8-12)6-11(5-9)14(3)13/h7,10-11H,4-6,8H2,1-3H3. The monoisotopic (exact) mass is 212 g/mol. The Morgan fingerprint density at radius 1 is 1.43 bits per heavy atom. The van der Waals surface area contributed by atoms with Gasteiger partial charge in [-0.3, -0.25) is 4.21 Å². The smallest absolute Gasteiger partial charge is 0.0385 e. The summed E-state index contributed by atoms with van der Waals surface area (Å²) in [5, 5.41) is 0.441. The molecule has 2 heteroatoms. The molecule has 1 saturated carbocycles. The molecule has 3 atom stereocenters. The fraction of sp³-hybridized carbons (Fsp3) is 0.833. The molecule has 0 aliphatic heterocycles. The van der Waals surface area contributed by atoms with E-state index in [0.717, 1.165) is 12.3 Å². The van der Waals surface area contributed by atoms with Gasteiger partial charge in [-0.15, -0.1) is 0 Å². The van der Waals surface area contributed by atoms with Gasteiger partial charge in [0, 0.05) is 22.3 Å². The molecule has 2 rings (SSSR count). The number of fused-ring (bicyclic) bond motifs is 2. The number of hydrogen-bond donors (Lipinski definition) is 0. The quantitative estimate of drug-likeness (QED) is 0.611. The van der Waals surface area contributed by atoms with Crippen molar-refractivity contribution in [2.24, 2.45) is 11.3 Å². The summed E-state index contributed by atoms with van der Waals surface area (Å²) in [4.78, 5) is 0. The minimum absolute atomic E-state index is 0.387. The first kappa shape index (κ1) is 10.4. The molecule has 0 heterocycles. The largest absolute Gasteiger partial charge is 0.260 e. The molecule has 2 aliphatic carbocycles. The number of rotatable bonds is 1. The lowest BCUT2D eigenvalue weighted by molar-refractivity contribution is 0.265. The van der Waals surface area contributed by atoms with Crippen molar-refractivity contribution < 1.29 is 4.21 Å². The van der Waals surface area contributed by atoms with Crippen molar-refractivity contribution in [2.45, 2.75) is 44.8 Å². The molecule has 2 bridgehead atoms. The van der Waals surface area contributed by atoms with Crippen molar-refractivity contribution in [3.05, 3.63) is 11.6 Å². The molecular formula is C12H20OS. The lowest BCUT2D eigenvalue weighted by atomic mass is 9.68. The van der Waals surface area contributed by atoms with Crippen LogP contribution in [0.5, 0.6) is 0 Å². The van der Waals surface area contributed by atoms with Crippen molar-refractivity contribution >= 4 is 10.8 Å². The third kappa shape index (κ3) is 2.10. The second-order valence-corrected chi connectivity index (χ2v) is 7.29. The molecule has 0 N–H and O–H groups in total. The molecular weight excluding hydrogens is 192 g/mol. The Hall–Kier alpha value is -0.110. The van der Waals surface area contributed by atoms with Gasteiger partial charge in [0.2, 0.25) is 0 Å².